The lowest BCUT2D eigenvalue weighted by molar-refractivity contribution is -0.148. The molecule has 2 heterocycles. The van der Waals surface area contributed by atoms with Crippen molar-refractivity contribution in [3.8, 4) is 0 Å². The number of carbonyl (C=O) groups excluding carboxylic acids is 4. The zero-order valence-electron chi connectivity index (χ0n) is 20.2. The van der Waals surface area contributed by atoms with Gasteiger partial charge in [0.15, 0.2) is 0 Å². The number of likely N-dealkylation sites (tertiary alicyclic amines) is 1. The molecule has 2 aliphatic heterocycles. The molecular weight excluding hydrogens is 446 g/mol. The fraction of sp³-hybridized carbons (Fsp3) is 0.615. The van der Waals surface area contributed by atoms with Gasteiger partial charge < -0.3 is 26.6 Å². The van der Waals surface area contributed by atoms with Crippen LogP contribution < -0.4 is 16.8 Å². The van der Waals surface area contributed by atoms with E-state index < -0.39 is 29.4 Å². The average Bonchev–Trinajstić information content (AvgIpc) is 3.78. The van der Waals surface area contributed by atoms with E-state index in [1.54, 1.807) is 7.05 Å². The summed E-state index contributed by atoms with van der Waals surface area (Å²) in [5.41, 5.74) is 12.7. The Morgan fingerprint density at radius 2 is 1.80 bits per heavy atom. The number of benzene rings is 1. The van der Waals surface area contributed by atoms with E-state index in [1.807, 2.05) is 24.3 Å². The normalized spacial score (nSPS) is 27.2. The molecule has 2 saturated carbocycles. The molecule has 5 N–H and O–H groups in total. The highest BCUT2D eigenvalue weighted by Crippen LogP contribution is 2.43. The number of nitrogens with one attached hydrogen (secondary N) is 1. The number of amides is 4. The van der Waals surface area contributed by atoms with Gasteiger partial charge >= 0.3 is 0 Å². The summed E-state index contributed by atoms with van der Waals surface area (Å²) in [7, 11) is 1.63. The summed E-state index contributed by atoms with van der Waals surface area (Å²) < 4.78 is 0. The van der Waals surface area contributed by atoms with Crippen molar-refractivity contribution in [1.82, 2.24) is 15.1 Å². The highest BCUT2D eigenvalue weighted by atomic mass is 16.2. The summed E-state index contributed by atoms with van der Waals surface area (Å²) in [5.74, 6) is -0.573. The number of hydrogen-bond donors (Lipinski definition) is 3. The minimum absolute atomic E-state index is 0.0552. The first-order valence-electron chi connectivity index (χ1n) is 12.7. The van der Waals surface area contributed by atoms with E-state index in [0.717, 1.165) is 36.8 Å². The van der Waals surface area contributed by atoms with Crippen LogP contribution in [0.1, 0.15) is 56.1 Å². The van der Waals surface area contributed by atoms with Crippen molar-refractivity contribution < 1.29 is 19.2 Å². The van der Waals surface area contributed by atoms with Crippen molar-refractivity contribution in [3.63, 3.8) is 0 Å². The molecule has 4 aliphatic rings. The lowest BCUT2D eigenvalue weighted by atomic mass is 9.73. The molecule has 9 heteroatoms. The molecule has 3 fully saturated rings. The molecule has 9 nitrogen and oxygen atoms in total. The van der Waals surface area contributed by atoms with Gasteiger partial charge in [-0.15, -0.1) is 0 Å². The van der Waals surface area contributed by atoms with Crippen LogP contribution >= 0.6 is 0 Å². The number of fused-ring (bicyclic) bond motifs is 2. The van der Waals surface area contributed by atoms with Gasteiger partial charge in [-0.3, -0.25) is 19.2 Å². The molecule has 1 aromatic carbocycles. The van der Waals surface area contributed by atoms with E-state index in [0.29, 0.717) is 31.2 Å². The van der Waals surface area contributed by atoms with Crippen molar-refractivity contribution in [3.05, 3.63) is 35.4 Å². The van der Waals surface area contributed by atoms with E-state index >= 15 is 0 Å². The highest BCUT2D eigenvalue weighted by Gasteiger charge is 2.56. The minimum Gasteiger partial charge on any atom is -0.368 e. The van der Waals surface area contributed by atoms with Gasteiger partial charge in [-0.1, -0.05) is 49.9 Å². The third-order valence-corrected chi connectivity index (χ3v) is 8.33. The predicted octanol–water partition coefficient (Wildman–Crippen LogP) is 0.395. The van der Waals surface area contributed by atoms with Crippen LogP contribution in [0.15, 0.2) is 24.3 Å². The van der Waals surface area contributed by atoms with Crippen molar-refractivity contribution in [2.45, 2.75) is 75.0 Å². The molecule has 1 saturated heterocycles. The van der Waals surface area contributed by atoms with E-state index in [4.69, 9.17) is 11.5 Å². The number of hydrogen-bond acceptors (Lipinski definition) is 5. The zero-order valence-corrected chi connectivity index (χ0v) is 20.2. The second-order valence-electron chi connectivity index (χ2n) is 10.9. The molecule has 5 rings (SSSR count). The van der Waals surface area contributed by atoms with Crippen LogP contribution in [-0.4, -0.2) is 65.1 Å². The maximum Gasteiger partial charge on any atom is 0.246 e. The predicted molar refractivity (Wildman–Crippen MR) is 128 cm³/mol. The third kappa shape index (κ3) is 4.42. The van der Waals surface area contributed by atoms with Gasteiger partial charge in [0, 0.05) is 20.1 Å². The van der Waals surface area contributed by atoms with Crippen molar-refractivity contribution in [2.75, 3.05) is 13.6 Å². The molecule has 2 unspecified atom stereocenters. The SMILES string of the molecule is CN(C(=O)[C@@H](N)CC1CC1)[C@@H](CC1CC1)C(=O)N1CC2(CC1C(N)=O)C(=O)NCc1ccccc12. The number of rotatable bonds is 8. The van der Waals surface area contributed by atoms with Crippen LogP contribution in [-0.2, 0) is 31.1 Å². The van der Waals surface area contributed by atoms with E-state index in [1.165, 1.54) is 9.80 Å². The summed E-state index contributed by atoms with van der Waals surface area (Å²) in [4.78, 5) is 55.9. The molecule has 1 spiro atoms. The number of carbonyl (C=O) groups is 4. The summed E-state index contributed by atoms with van der Waals surface area (Å²) in [6.07, 6.45) is 5.49. The monoisotopic (exact) mass is 481 g/mol. The maximum absolute atomic E-state index is 14.0. The Balaban J connectivity index is 1.44. The summed E-state index contributed by atoms with van der Waals surface area (Å²) in [6.45, 7) is 0.464. The fourth-order valence-electron chi connectivity index (χ4n) is 5.87. The van der Waals surface area contributed by atoms with Gasteiger partial charge in [-0.05, 0) is 42.2 Å². The van der Waals surface area contributed by atoms with Gasteiger partial charge in [0.25, 0.3) is 0 Å². The first kappa shape index (κ1) is 23.8. The number of primary amides is 1. The Kier molecular flexibility index (Phi) is 6.07. The Hall–Kier alpha value is -2.94. The largest absolute Gasteiger partial charge is 0.368 e. The Morgan fingerprint density at radius 1 is 1.14 bits per heavy atom. The van der Waals surface area contributed by atoms with Crippen molar-refractivity contribution >= 4 is 23.6 Å². The van der Waals surface area contributed by atoms with Crippen LogP contribution in [0.2, 0.25) is 0 Å². The van der Waals surface area contributed by atoms with Crippen LogP contribution in [0.5, 0.6) is 0 Å². The Bertz CT molecular complexity index is 1050. The van der Waals surface area contributed by atoms with E-state index in [-0.39, 0.29) is 30.7 Å². The van der Waals surface area contributed by atoms with Crippen molar-refractivity contribution in [1.29, 1.82) is 0 Å². The highest BCUT2D eigenvalue weighted by molar-refractivity contribution is 5.98. The summed E-state index contributed by atoms with van der Waals surface area (Å²) in [6, 6.07) is 5.31. The molecule has 0 bridgehead atoms. The molecule has 188 valence electrons. The van der Waals surface area contributed by atoms with Crippen molar-refractivity contribution in [2.24, 2.45) is 23.3 Å². The maximum atomic E-state index is 14.0. The van der Waals surface area contributed by atoms with E-state index in [2.05, 4.69) is 5.32 Å². The first-order chi connectivity index (χ1) is 16.7. The number of nitrogens with two attached hydrogens (primary N) is 2. The number of nitrogens with zero attached hydrogens (tertiary/aromatic N) is 2. The molecule has 0 radical (unpaired) electrons. The smallest absolute Gasteiger partial charge is 0.246 e. The van der Waals surface area contributed by atoms with E-state index in [9.17, 15) is 19.2 Å². The van der Waals surface area contributed by atoms with Crippen LogP contribution in [0, 0.1) is 11.8 Å². The molecule has 35 heavy (non-hydrogen) atoms. The zero-order chi connectivity index (χ0) is 24.9. The average molecular weight is 482 g/mol. The fourth-order valence-corrected chi connectivity index (χ4v) is 5.87. The lowest BCUT2D eigenvalue weighted by Crippen LogP contribution is -2.56. The molecule has 0 aromatic heterocycles. The summed E-state index contributed by atoms with van der Waals surface area (Å²) in [5, 5.41) is 2.93. The van der Waals surface area contributed by atoms with Gasteiger partial charge in [0.2, 0.25) is 23.6 Å². The quantitative estimate of drug-likeness (QED) is 0.493. The molecule has 2 aliphatic carbocycles. The van der Waals surface area contributed by atoms with Gasteiger partial charge in [-0.25, -0.2) is 0 Å². The second-order valence-corrected chi connectivity index (χ2v) is 10.9. The van der Waals surface area contributed by atoms with Crippen LogP contribution in [0.3, 0.4) is 0 Å². The molecule has 1 aromatic rings. The third-order valence-electron chi connectivity index (χ3n) is 8.33. The van der Waals surface area contributed by atoms with Gasteiger partial charge in [0.1, 0.15) is 12.1 Å². The van der Waals surface area contributed by atoms with Crippen LogP contribution in [0.25, 0.3) is 0 Å². The molecule has 4 amide bonds. The van der Waals surface area contributed by atoms with Gasteiger partial charge in [0.05, 0.1) is 11.5 Å². The first-order valence-corrected chi connectivity index (χ1v) is 12.7. The minimum atomic E-state index is -1.04. The lowest BCUT2D eigenvalue weighted by Gasteiger charge is -2.36. The summed E-state index contributed by atoms with van der Waals surface area (Å²) >= 11 is 0. The standard InChI is InChI=1S/C26H35N5O4/c1-30(23(33)19(27)10-15-6-7-15)20(11-16-8-9-16)24(34)31-14-26(12-21(31)22(28)32)18-5-3-2-4-17(18)13-29-25(26)35/h2-5,15-16,19-21H,6-14,27H2,1H3,(H2,28,32)(H,29,35)/t19-,20-,21?,26?/m0/s1. The van der Waals surface area contributed by atoms with Crippen LogP contribution in [0.4, 0.5) is 0 Å². The Labute approximate surface area is 205 Å². The number of likely N-dealkylation sites (N-methyl/N-ethyl adjacent to an activating group) is 1. The molecule has 4 atom stereocenters. The van der Waals surface area contributed by atoms with Gasteiger partial charge in [-0.2, -0.15) is 0 Å². The molecular formula is C26H35N5O4. The second kappa shape index (κ2) is 8.93. The topological polar surface area (TPSA) is 139 Å². The Morgan fingerprint density at radius 3 is 2.46 bits per heavy atom.